The highest BCUT2D eigenvalue weighted by atomic mass is 32.2. The number of sulfonamides is 1. The summed E-state index contributed by atoms with van der Waals surface area (Å²) < 4.78 is 31.3. The fraction of sp³-hybridized carbons (Fsp3) is 0.571. The molecule has 1 aromatic carbocycles. The molecule has 2 N–H and O–H groups in total. The lowest BCUT2D eigenvalue weighted by Crippen LogP contribution is -2.31. The summed E-state index contributed by atoms with van der Waals surface area (Å²) in [5.41, 5.74) is 2.53. The third-order valence-electron chi connectivity index (χ3n) is 3.42. The van der Waals surface area contributed by atoms with Gasteiger partial charge in [-0.15, -0.1) is 0 Å². The lowest BCUT2D eigenvalue weighted by Gasteiger charge is -2.29. The summed E-state index contributed by atoms with van der Waals surface area (Å²) in [5.74, 6) is 0.623. The Morgan fingerprint density at radius 3 is 2.80 bits per heavy atom. The first-order chi connectivity index (χ1) is 9.31. The van der Waals surface area contributed by atoms with Crippen LogP contribution in [0.3, 0.4) is 0 Å². The Hall–Kier alpha value is -1.11. The molecule has 0 radical (unpaired) electrons. The molecule has 0 saturated carbocycles. The molecule has 1 aromatic rings. The first-order valence-electron chi connectivity index (χ1n) is 6.74. The SMILES string of the molecule is CCC(O)c1cc(C)cc2c1OCCC2NS(C)(=O)=O. The van der Waals surface area contributed by atoms with Gasteiger partial charge in [0.2, 0.25) is 10.0 Å². The molecule has 112 valence electrons. The van der Waals surface area contributed by atoms with E-state index in [9.17, 15) is 13.5 Å². The predicted molar refractivity (Wildman–Crippen MR) is 77.3 cm³/mol. The topological polar surface area (TPSA) is 75.6 Å². The van der Waals surface area contributed by atoms with E-state index in [0.717, 1.165) is 22.9 Å². The monoisotopic (exact) mass is 299 g/mol. The molecule has 0 aliphatic carbocycles. The van der Waals surface area contributed by atoms with Crippen LogP contribution in [-0.2, 0) is 10.0 Å². The minimum atomic E-state index is -3.29. The Labute approximate surface area is 120 Å². The van der Waals surface area contributed by atoms with E-state index in [2.05, 4.69) is 4.72 Å². The minimum Gasteiger partial charge on any atom is -0.493 e. The quantitative estimate of drug-likeness (QED) is 0.889. The Morgan fingerprint density at radius 1 is 1.50 bits per heavy atom. The average Bonchev–Trinajstić information content (AvgIpc) is 2.36. The number of hydrogen-bond donors (Lipinski definition) is 2. The zero-order valence-corrected chi connectivity index (χ0v) is 12.8. The zero-order chi connectivity index (χ0) is 14.9. The number of rotatable bonds is 4. The van der Waals surface area contributed by atoms with Gasteiger partial charge in [0.15, 0.2) is 0 Å². The van der Waals surface area contributed by atoms with Crippen LogP contribution >= 0.6 is 0 Å². The van der Waals surface area contributed by atoms with Gasteiger partial charge in [0.05, 0.1) is 25.0 Å². The number of benzene rings is 1. The molecule has 20 heavy (non-hydrogen) atoms. The van der Waals surface area contributed by atoms with Crippen LogP contribution in [0.5, 0.6) is 5.75 Å². The molecular weight excluding hydrogens is 278 g/mol. The van der Waals surface area contributed by atoms with Gasteiger partial charge in [0, 0.05) is 17.5 Å². The van der Waals surface area contributed by atoms with Crippen LogP contribution in [-0.4, -0.2) is 26.4 Å². The molecule has 0 aromatic heterocycles. The molecule has 1 heterocycles. The molecule has 1 aliphatic heterocycles. The van der Waals surface area contributed by atoms with Crippen LogP contribution in [0.2, 0.25) is 0 Å². The van der Waals surface area contributed by atoms with Crippen molar-refractivity contribution in [3.8, 4) is 5.75 Å². The maximum absolute atomic E-state index is 11.5. The van der Waals surface area contributed by atoms with Crippen molar-refractivity contribution in [2.24, 2.45) is 0 Å². The molecular formula is C14H21NO4S. The second-order valence-corrected chi connectivity index (χ2v) is 7.06. The van der Waals surface area contributed by atoms with Gasteiger partial charge in [0.1, 0.15) is 5.75 Å². The second kappa shape index (κ2) is 5.71. The van der Waals surface area contributed by atoms with Crippen LogP contribution < -0.4 is 9.46 Å². The van der Waals surface area contributed by atoms with Crippen molar-refractivity contribution in [1.82, 2.24) is 4.72 Å². The van der Waals surface area contributed by atoms with E-state index in [1.165, 1.54) is 0 Å². The minimum absolute atomic E-state index is 0.295. The van der Waals surface area contributed by atoms with E-state index in [1.807, 2.05) is 26.0 Å². The molecule has 2 unspecified atom stereocenters. The van der Waals surface area contributed by atoms with E-state index in [1.54, 1.807) is 0 Å². The average molecular weight is 299 g/mol. The number of fused-ring (bicyclic) bond motifs is 1. The fourth-order valence-corrected chi connectivity index (χ4v) is 3.30. The summed E-state index contributed by atoms with van der Waals surface area (Å²) in [6.45, 7) is 4.26. The van der Waals surface area contributed by atoms with Gasteiger partial charge in [-0.3, -0.25) is 0 Å². The van der Waals surface area contributed by atoms with Gasteiger partial charge in [-0.1, -0.05) is 18.6 Å². The Kier molecular flexibility index (Phi) is 4.36. The fourth-order valence-electron chi connectivity index (χ4n) is 2.54. The lowest BCUT2D eigenvalue weighted by molar-refractivity contribution is 0.163. The second-order valence-electron chi connectivity index (χ2n) is 5.28. The van der Waals surface area contributed by atoms with E-state index >= 15 is 0 Å². The predicted octanol–water partition coefficient (Wildman–Crippen LogP) is 1.81. The molecule has 2 atom stereocenters. The number of nitrogens with one attached hydrogen (secondary N) is 1. The number of aliphatic hydroxyl groups is 1. The van der Waals surface area contributed by atoms with Crippen LogP contribution in [0.15, 0.2) is 12.1 Å². The Balaban J connectivity index is 2.48. The molecule has 6 heteroatoms. The summed E-state index contributed by atoms with van der Waals surface area (Å²) in [7, 11) is -3.29. The first kappa shape index (κ1) is 15.3. The van der Waals surface area contributed by atoms with Crippen molar-refractivity contribution in [2.45, 2.75) is 38.8 Å². The van der Waals surface area contributed by atoms with Gasteiger partial charge >= 0.3 is 0 Å². The normalized spacial score (nSPS) is 20.1. The number of hydrogen-bond acceptors (Lipinski definition) is 4. The maximum atomic E-state index is 11.5. The van der Waals surface area contributed by atoms with Crippen molar-refractivity contribution in [3.63, 3.8) is 0 Å². The van der Waals surface area contributed by atoms with Crippen molar-refractivity contribution < 1.29 is 18.3 Å². The first-order valence-corrected chi connectivity index (χ1v) is 8.63. The van der Waals surface area contributed by atoms with Crippen molar-refractivity contribution in [3.05, 3.63) is 28.8 Å². The van der Waals surface area contributed by atoms with Crippen LogP contribution in [0.4, 0.5) is 0 Å². The smallest absolute Gasteiger partial charge is 0.209 e. The van der Waals surface area contributed by atoms with Gasteiger partial charge < -0.3 is 9.84 Å². The highest BCUT2D eigenvalue weighted by Crippen LogP contribution is 2.39. The summed E-state index contributed by atoms with van der Waals surface area (Å²) in [6.07, 6.45) is 1.73. The van der Waals surface area contributed by atoms with Crippen LogP contribution in [0.1, 0.15) is 48.6 Å². The van der Waals surface area contributed by atoms with E-state index in [0.29, 0.717) is 25.2 Å². The molecule has 5 nitrogen and oxygen atoms in total. The Bertz CT molecular complexity index is 597. The summed E-state index contributed by atoms with van der Waals surface area (Å²) >= 11 is 0. The number of ether oxygens (including phenoxy) is 1. The summed E-state index contributed by atoms with van der Waals surface area (Å²) in [5, 5.41) is 10.1. The molecule has 0 amide bonds. The van der Waals surface area contributed by atoms with Crippen molar-refractivity contribution in [1.29, 1.82) is 0 Å². The van der Waals surface area contributed by atoms with Crippen LogP contribution in [0.25, 0.3) is 0 Å². The summed E-state index contributed by atoms with van der Waals surface area (Å²) in [6, 6.07) is 3.52. The van der Waals surface area contributed by atoms with Crippen LogP contribution in [0, 0.1) is 6.92 Å². The molecule has 0 spiro atoms. The van der Waals surface area contributed by atoms with E-state index in [-0.39, 0.29) is 6.04 Å². The lowest BCUT2D eigenvalue weighted by atomic mass is 9.93. The highest BCUT2D eigenvalue weighted by molar-refractivity contribution is 7.88. The van der Waals surface area contributed by atoms with Gasteiger partial charge in [-0.25, -0.2) is 13.1 Å². The Morgan fingerprint density at radius 2 is 2.20 bits per heavy atom. The summed E-state index contributed by atoms with van der Waals surface area (Å²) in [4.78, 5) is 0. The zero-order valence-electron chi connectivity index (χ0n) is 12.0. The standard InChI is InChI=1S/C14H21NO4S/c1-4-13(16)11-8-9(2)7-10-12(15-20(3,17)18)5-6-19-14(10)11/h7-8,12-13,15-16H,4-6H2,1-3H3. The maximum Gasteiger partial charge on any atom is 0.209 e. The molecule has 0 saturated heterocycles. The van der Waals surface area contributed by atoms with E-state index in [4.69, 9.17) is 4.74 Å². The third kappa shape index (κ3) is 3.31. The number of aliphatic hydroxyl groups excluding tert-OH is 1. The van der Waals surface area contributed by atoms with Gasteiger partial charge in [-0.2, -0.15) is 0 Å². The highest BCUT2D eigenvalue weighted by Gasteiger charge is 2.28. The molecule has 2 rings (SSSR count). The molecule has 0 fully saturated rings. The molecule has 0 bridgehead atoms. The van der Waals surface area contributed by atoms with Crippen molar-refractivity contribution >= 4 is 10.0 Å². The molecule has 1 aliphatic rings. The number of aryl methyl sites for hydroxylation is 1. The largest absolute Gasteiger partial charge is 0.493 e. The van der Waals surface area contributed by atoms with Gasteiger partial charge in [0.25, 0.3) is 0 Å². The van der Waals surface area contributed by atoms with Gasteiger partial charge in [-0.05, 0) is 19.4 Å². The van der Waals surface area contributed by atoms with E-state index < -0.39 is 16.1 Å². The van der Waals surface area contributed by atoms with Crippen molar-refractivity contribution in [2.75, 3.05) is 12.9 Å². The third-order valence-corrected chi connectivity index (χ3v) is 4.13.